The molecule has 5 rings (SSSR count). The molecule has 1 fully saturated rings. The maximum atomic E-state index is 13.5. The first-order valence-electron chi connectivity index (χ1n) is 11.1. The van der Waals surface area contributed by atoms with E-state index in [2.05, 4.69) is 45.9 Å². The average Bonchev–Trinajstić information content (AvgIpc) is 3.00. The Kier molecular flexibility index (Phi) is 5.26. The summed E-state index contributed by atoms with van der Waals surface area (Å²) in [4.78, 5) is 22.8. The molecule has 1 aromatic heterocycles. The predicted molar refractivity (Wildman–Crippen MR) is 120 cm³/mol. The molecule has 3 aromatic rings. The molecule has 5 nitrogen and oxygen atoms in total. The summed E-state index contributed by atoms with van der Waals surface area (Å²) < 4.78 is 2.30. The number of imidazole rings is 1. The van der Waals surface area contributed by atoms with Gasteiger partial charge >= 0.3 is 0 Å². The van der Waals surface area contributed by atoms with Crippen LogP contribution in [0.15, 0.2) is 60.7 Å². The Morgan fingerprint density at radius 1 is 0.767 bits per heavy atom. The van der Waals surface area contributed by atoms with E-state index < -0.39 is 0 Å². The first-order chi connectivity index (χ1) is 14.8. The summed E-state index contributed by atoms with van der Waals surface area (Å²) in [5.74, 6) is 1.04. The minimum Gasteiger partial charge on any atom is -0.368 e. The van der Waals surface area contributed by atoms with Gasteiger partial charge in [0.1, 0.15) is 11.5 Å². The van der Waals surface area contributed by atoms with E-state index in [-0.39, 0.29) is 5.91 Å². The van der Waals surface area contributed by atoms with Gasteiger partial charge in [0.05, 0.1) is 5.69 Å². The van der Waals surface area contributed by atoms with Crippen molar-refractivity contribution >= 4 is 11.6 Å². The van der Waals surface area contributed by atoms with Gasteiger partial charge in [0.15, 0.2) is 0 Å². The van der Waals surface area contributed by atoms with E-state index in [4.69, 9.17) is 4.98 Å². The summed E-state index contributed by atoms with van der Waals surface area (Å²) in [6.07, 6.45) is 4.42. The van der Waals surface area contributed by atoms with Gasteiger partial charge < -0.3 is 14.4 Å². The Hall–Kier alpha value is -3.08. The molecule has 0 aliphatic carbocycles. The van der Waals surface area contributed by atoms with E-state index in [1.54, 1.807) is 0 Å². The van der Waals surface area contributed by atoms with Crippen molar-refractivity contribution < 1.29 is 4.79 Å². The molecule has 154 valence electrons. The normalized spacial score (nSPS) is 16.8. The van der Waals surface area contributed by atoms with Crippen LogP contribution in [0.2, 0.25) is 0 Å². The molecule has 2 aliphatic heterocycles. The zero-order valence-corrected chi connectivity index (χ0v) is 17.3. The summed E-state index contributed by atoms with van der Waals surface area (Å²) in [6.45, 7) is 4.14. The zero-order chi connectivity index (χ0) is 20.3. The van der Waals surface area contributed by atoms with E-state index in [1.165, 1.54) is 12.1 Å². The SMILES string of the molecule is O=C(c1nc(-c2ccccc2)n2c1CCCCC2)N1CCN(c2ccccc2)CC1. The molecule has 0 saturated carbocycles. The zero-order valence-electron chi connectivity index (χ0n) is 17.3. The van der Waals surface area contributed by atoms with Crippen molar-refractivity contribution in [2.24, 2.45) is 0 Å². The van der Waals surface area contributed by atoms with Gasteiger partial charge in [-0.15, -0.1) is 0 Å². The lowest BCUT2D eigenvalue weighted by Crippen LogP contribution is -2.49. The van der Waals surface area contributed by atoms with Crippen LogP contribution in [-0.2, 0) is 13.0 Å². The van der Waals surface area contributed by atoms with Crippen LogP contribution in [0, 0.1) is 0 Å². The van der Waals surface area contributed by atoms with Crippen molar-refractivity contribution in [2.75, 3.05) is 31.1 Å². The molecule has 5 heteroatoms. The first kappa shape index (κ1) is 18.9. The van der Waals surface area contributed by atoms with Crippen molar-refractivity contribution in [1.82, 2.24) is 14.5 Å². The summed E-state index contributed by atoms with van der Waals surface area (Å²) in [5, 5.41) is 0. The van der Waals surface area contributed by atoms with Gasteiger partial charge in [0, 0.05) is 44.0 Å². The molecule has 2 aromatic carbocycles. The van der Waals surface area contributed by atoms with E-state index in [9.17, 15) is 4.79 Å². The fraction of sp³-hybridized carbons (Fsp3) is 0.360. The molecular formula is C25H28N4O. The molecule has 0 radical (unpaired) electrons. The Morgan fingerprint density at radius 3 is 2.20 bits per heavy atom. The summed E-state index contributed by atoms with van der Waals surface area (Å²) >= 11 is 0. The van der Waals surface area contributed by atoms with Gasteiger partial charge in [0.25, 0.3) is 5.91 Å². The van der Waals surface area contributed by atoms with Gasteiger partial charge in [-0.3, -0.25) is 4.79 Å². The fourth-order valence-electron chi connectivity index (χ4n) is 4.66. The number of benzene rings is 2. The molecule has 2 aliphatic rings. The van der Waals surface area contributed by atoms with Crippen molar-refractivity contribution in [3.8, 4) is 11.4 Å². The summed E-state index contributed by atoms with van der Waals surface area (Å²) in [6, 6.07) is 20.7. The number of fused-ring (bicyclic) bond motifs is 1. The lowest BCUT2D eigenvalue weighted by Gasteiger charge is -2.36. The number of hydrogen-bond donors (Lipinski definition) is 0. The standard InChI is InChI=1S/C25H28N4O/c30-25(28-18-16-27(17-19-28)21-12-6-2-7-13-21)23-22-14-8-3-9-15-29(22)24(26-23)20-10-4-1-5-11-20/h1-2,4-7,10-13H,3,8-9,14-19H2. The predicted octanol–water partition coefficient (Wildman–Crippen LogP) is 4.24. The van der Waals surface area contributed by atoms with Crippen LogP contribution in [0.25, 0.3) is 11.4 Å². The number of piperazine rings is 1. The van der Waals surface area contributed by atoms with E-state index in [0.29, 0.717) is 5.69 Å². The van der Waals surface area contributed by atoms with Gasteiger partial charge in [-0.25, -0.2) is 4.98 Å². The van der Waals surface area contributed by atoms with Gasteiger partial charge in [-0.1, -0.05) is 55.0 Å². The van der Waals surface area contributed by atoms with Gasteiger partial charge in [-0.05, 0) is 31.4 Å². The Labute approximate surface area is 178 Å². The number of carbonyl (C=O) groups is 1. The quantitative estimate of drug-likeness (QED) is 0.660. The van der Waals surface area contributed by atoms with Crippen LogP contribution in [0.5, 0.6) is 0 Å². The summed E-state index contributed by atoms with van der Waals surface area (Å²) in [7, 11) is 0. The second-order valence-corrected chi connectivity index (χ2v) is 8.17. The number of para-hydroxylation sites is 1. The monoisotopic (exact) mass is 400 g/mol. The van der Waals surface area contributed by atoms with Crippen molar-refractivity contribution in [2.45, 2.75) is 32.2 Å². The first-order valence-corrected chi connectivity index (χ1v) is 11.1. The number of nitrogens with zero attached hydrogens (tertiary/aromatic N) is 4. The molecular weight excluding hydrogens is 372 g/mol. The molecule has 3 heterocycles. The highest BCUT2D eigenvalue weighted by molar-refractivity contribution is 5.94. The highest BCUT2D eigenvalue weighted by atomic mass is 16.2. The largest absolute Gasteiger partial charge is 0.368 e. The molecule has 0 atom stereocenters. The number of carbonyl (C=O) groups excluding carboxylic acids is 1. The van der Waals surface area contributed by atoms with Crippen LogP contribution in [0.4, 0.5) is 5.69 Å². The highest BCUT2D eigenvalue weighted by Gasteiger charge is 2.29. The molecule has 30 heavy (non-hydrogen) atoms. The van der Waals surface area contributed by atoms with Crippen LogP contribution in [-0.4, -0.2) is 46.5 Å². The molecule has 1 saturated heterocycles. The highest BCUT2D eigenvalue weighted by Crippen LogP contribution is 2.28. The summed E-state index contributed by atoms with van der Waals surface area (Å²) in [5.41, 5.74) is 4.12. The third-order valence-corrected chi connectivity index (χ3v) is 6.29. The second-order valence-electron chi connectivity index (χ2n) is 8.17. The lowest BCUT2D eigenvalue weighted by atomic mass is 10.1. The van der Waals surface area contributed by atoms with Crippen LogP contribution < -0.4 is 4.90 Å². The van der Waals surface area contributed by atoms with Crippen LogP contribution in [0.3, 0.4) is 0 Å². The number of hydrogen-bond acceptors (Lipinski definition) is 3. The smallest absolute Gasteiger partial charge is 0.274 e. The van der Waals surface area contributed by atoms with Crippen molar-refractivity contribution in [3.05, 3.63) is 72.1 Å². The van der Waals surface area contributed by atoms with E-state index >= 15 is 0 Å². The molecule has 0 N–H and O–H groups in total. The molecule has 0 unspecified atom stereocenters. The third-order valence-electron chi connectivity index (χ3n) is 6.29. The number of amides is 1. The van der Waals surface area contributed by atoms with E-state index in [1.807, 2.05) is 29.2 Å². The molecule has 1 amide bonds. The minimum absolute atomic E-state index is 0.0931. The third kappa shape index (κ3) is 3.60. The lowest BCUT2D eigenvalue weighted by molar-refractivity contribution is 0.0740. The maximum Gasteiger partial charge on any atom is 0.274 e. The van der Waals surface area contributed by atoms with Crippen molar-refractivity contribution in [3.63, 3.8) is 0 Å². The second kappa shape index (κ2) is 8.34. The van der Waals surface area contributed by atoms with Gasteiger partial charge in [-0.2, -0.15) is 0 Å². The Balaban J connectivity index is 1.40. The fourth-order valence-corrected chi connectivity index (χ4v) is 4.66. The number of rotatable bonds is 3. The molecule has 0 bridgehead atoms. The van der Waals surface area contributed by atoms with Gasteiger partial charge in [0.2, 0.25) is 0 Å². The number of anilines is 1. The average molecular weight is 401 g/mol. The number of aromatic nitrogens is 2. The van der Waals surface area contributed by atoms with E-state index in [0.717, 1.165) is 69.1 Å². The molecule has 0 spiro atoms. The Bertz CT molecular complexity index is 1000. The Morgan fingerprint density at radius 2 is 1.47 bits per heavy atom. The van der Waals surface area contributed by atoms with Crippen LogP contribution in [0.1, 0.15) is 35.4 Å². The van der Waals surface area contributed by atoms with Crippen molar-refractivity contribution in [1.29, 1.82) is 0 Å². The van der Waals surface area contributed by atoms with Crippen LogP contribution >= 0.6 is 0 Å². The minimum atomic E-state index is 0.0931. The maximum absolute atomic E-state index is 13.5. The topological polar surface area (TPSA) is 41.4 Å².